The molecule has 2 aromatic rings. The molecule has 0 radical (unpaired) electrons. The van der Waals surface area contributed by atoms with Gasteiger partial charge in [0.1, 0.15) is 22.1 Å². The maximum absolute atomic E-state index is 13.9. The van der Waals surface area contributed by atoms with E-state index in [2.05, 4.69) is 10.3 Å². The summed E-state index contributed by atoms with van der Waals surface area (Å²) in [6, 6.07) is 2.78. The molecular formula is C21H25F2N3O5S. The number of halogens is 2. The monoisotopic (exact) mass is 469 g/mol. The van der Waals surface area contributed by atoms with Gasteiger partial charge in [0.15, 0.2) is 0 Å². The number of aryl methyl sites for hydroxylation is 2. The van der Waals surface area contributed by atoms with Crippen LogP contribution in [0.15, 0.2) is 23.1 Å². The predicted octanol–water partition coefficient (Wildman–Crippen LogP) is 3.13. The van der Waals surface area contributed by atoms with Gasteiger partial charge >= 0.3 is 5.97 Å². The van der Waals surface area contributed by atoms with Crippen LogP contribution in [-0.4, -0.2) is 49.3 Å². The van der Waals surface area contributed by atoms with Crippen LogP contribution in [-0.2, 0) is 19.6 Å². The molecule has 1 atom stereocenters. The van der Waals surface area contributed by atoms with Crippen molar-refractivity contribution in [2.45, 2.75) is 38.5 Å². The van der Waals surface area contributed by atoms with Crippen LogP contribution in [0.3, 0.4) is 0 Å². The first-order valence-electron chi connectivity index (χ1n) is 10.2. The molecular weight excluding hydrogens is 444 g/mol. The standard InChI is InChI=1S/C21H25F2N3O5S/c1-4-31-21(28)18-12(2)24-13(3)19(18)32(29,30)26-9-5-6-14(11-26)20(27)25-17-8-7-15(22)10-16(17)23/h7-8,10,14,24H,4-6,9,11H2,1-3H3,(H,25,27)/t14-/m1/s1. The van der Waals surface area contributed by atoms with E-state index in [9.17, 15) is 26.8 Å². The molecule has 32 heavy (non-hydrogen) atoms. The van der Waals surface area contributed by atoms with Crippen molar-refractivity contribution in [3.63, 3.8) is 0 Å². The first kappa shape index (κ1) is 23.9. The van der Waals surface area contributed by atoms with Gasteiger partial charge in [0.2, 0.25) is 15.9 Å². The Morgan fingerprint density at radius 1 is 1.25 bits per heavy atom. The fraction of sp³-hybridized carbons (Fsp3) is 0.429. The smallest absolute Gasteiger partial charge is 0.341 e. The van der Waals surface area contributed by atoms with Crippen molar-refractivity contribution in [3.8, 4) is 0 Å². The van der Waals surface area contributed by atoms with Crippen molar-refractivity contribution in [2.75, 3.05) is 25.0 Å². The Morgan fingerprint density at radius 3 is 2.62 bits per heavy atom. The van der Waals surface area contributed by atoms with E-state index >= 15 is 0 Å². The number of aromatic nitrogens is 1. The van der Waals surface area contributed by atoms with E-state index in [0.29, 0.717) is 30.3 Å². The number of nitrogens with zero attached hydrogens (tertiary/aromatic N) is 1. The van der Waals surface area contributed by atoms with Crippen LogP contribution in [0.4, 0.5) is 14.5 Å². The Balaban J connectivity index is 1.84. The predicted molar refractivity (Wildman–Crippen MR) is 113 cm³/mol. The molecule has 1 aliphatic heterocycles. The minimum absolute atomic E-state index is 0.0516. The number of piperidine rings is 1. The molecule has 0 aliphatic carbocycles. The lowest BCUT2D eigenvalue weighted by Crippen LogP contribution is -2.44. The maximum atomic E-state index is 13.9. The molecule has 1 aromatic carbocycles. The van der Waals surface area contributed by atoms with Crippen LogP contribution in [0.25, 0.3) is 0 Å². The highest BCUT2D eigenvalue weighted by molar-refractivity contribution is 7.89. The van der Waals surface area contributed by atoms with Gasteiger partial charge in [0, 0.05) is 30.5 Å². The minimum Gasteiger partial charge on any atom is -0.462 e. The molecule has 0 unspecified atom stereocenters. The average molecular weight is 470 g/mol. The van der Waals surface area contributed by atoms with Gasteiger partial charge in [-0.2, -0.15) is 4.31 Å². The highest BCUT2D eigenvalue weighted by Gasteiger charge is 2.38. The number of hydrogen-bond acceptors (Lipinski definition) is 5. The third kappa shape index (κ3) is 4.68. The fourth-order valence-electron chi connectivity index (χ4n) is 3.86. The van der Waals surface area contributed by atoms with Crippen LogP contribution in [0, 0.1) is 31.4 Å². The zero-order chi connectivity index (χ0) is 23.6. The van der Waals surface area contributed by atoms with Gasteiger partial charge in [-0.25, -0.2) is 22.0 Å². The molecule has 11 heteroatoms. The molecule has 1 amide bonds. The first-order valence-corrected chi connectivity index (χ1v) is 11.6. The van der Waals surface area contributed by atoms with E-state index in [-0.39, 0.29) is 35.8 Å². The lowest BCUT2D eigenvalue weighted by Gasteiger charge is -2.31. The first-order chi connectivity index (χ1) is 15.1. The van der Waals surface area contributed by atoms with E-state index in [1.54, 1.807) is 20.8 Å². The van der Waals surface area contributed by atoms with Crippen LogP contribution < -0.4 is 5.32 Å². The van der Waals surface area contributed by atoms with Gasteiger partial charge < -0.3 is 15.0 Å². The second kappa shape index (κ2) is 9.37. The second-order valence-electron chi connectivity index (χ2n) is 7.62. The molecule has 8 nitrogen and oxygen atoms in total. The molecule has 3 rings (SSSR count). The molecule has 1 saturated heterocycles. The number of amides is 1. The Labute approximate surface area is 185 Å². The lowest BCUT2D eigenvalue weighted by molar-refractivity contribution is -0.120. The summed E-state index contributed by atoms with van der Waals surface area (Å²) >= 11 is 0. The van der Waals surface area contributed by atoms with Crippen molar-refractivity contribution in [1.29, 1.82) is 0 Å². The number of benzene rings is 1. The van der Waals surface area contributed by atoms with Crippen molar-refractivity contribution in [2.24, 2.45) is 5.92 Å². The number of carbonyl (C=O) groups excluding carboxylic acids is 2. The number of nitrogens with one attached hydrogen (secondary N) is 2. The zero-order valence-electron chi connectivity index (χ0n) is 18.0. The highest BCUT2D eigenvalue weighted by Crippen LogP contribution is 2.31. The van der Waals surface area contributed by atoms with Gasteiger partial charge in [0.25, 0.3) is 0 Å². The number of ether oxygens (including phenoxy) is 1. The number of aromatic amines is 1. The Bertz CT molecular complexity index is 1150. The molecule has 0 saturated carbocycles. The van der Waals surface area contributed by atoms with E-state index < -0.39 is 39.5 Å². The number of carbonyl (C=O) groups is 2. The van der Waals surface area contributed by atoms with Gasteiger partial charge in [-0.1, -0.05) is 0 Å². The molecule has 2 N–H and O–H groups in total. The van der Waals surface area contributed by atoms with Crippen molar-refractivity contribution < 1.29 is 31.5 Å². The summed E-state index contributed by atoms with van der Waals surface area (Å²) in [6.45, 7) is 4.88. The van der Waals surface area contributed by atoms with Crippen molar-refractivity contribution in [3.05, 3.63) is 46.8 Å². The van der Waals surface area contributed by atoms with Gasteiger partial charge in [-0.3, -0.25) is 4.79 Å². The summed E-state index contributed by atoms with van der Waals surface area (Å²) in [7, 11) is -4.12. The highest BCUT2D eigenvalue weighted by atomic mass is 32.2. The van der Waals surface area contributed by atoms with E-state index in [4.69, 9.17) is 4.74 Å². The topological polar surface area (TPSA) is 109 Å². The summed E-state index contributed by atoms with van der Waals surface area (Å²) in [5.74, 6) is -3.75. The molecule has 1 aromatic heterocycles. The third-order valence-corrected chi connectivity index (χ3v) is 7.38. The number of anilines is 1. The van der Waals surface area contributed by atoms with E-state index in [0.717, 1.165) is 16.4 Å². The molecule has 1 fully saturated rings. The summed E-state index contributed by atoms with van der Waals surface area (Å²) in [4.78, 5) is 27.8. The number of rotatable bonds is 6. The SMILES string of the molecule is CCOC(=O)c1c(C)[nH]c(C)c1S(=O)(=O)N1CCC[C@@H](C(=O)Nc2ccc(F)cc2F)C1. The second-order valence-corrected chi connectivity index (χ2v) is 9.49. The average Bonchev–Trinajstić information content (AvgIpc) is 3.04. The summed E-state index contributed by atoms with van der Waals surface area (Å²) in [6.07, 6.45) is 0.803. The zero-order valence-corrected chi connectivity index (χ0v) is 18.8. The van der Waals surface area contributed by atoms with Gasteiger partial charge in [0.05, 0.1) is 18.2 Å². The number of sulfonamides is 1. The fourth-order valence-corrected chi connectivity index (χ4v) is 5.80. The van der Waals surface area contributed by atoms with E-state index in [1.165, 1.54) is 0 Å². The quantitative estimate of drug-likeness (QED) is 0.632. The van der Waals surface area contributed by atoms with Gasteiger partial charge in [-0.05, 0) is 45.7 Å². The van der Waals surface area contributed by atoms with Crippen LogP contribution in [0.1, 0.15) is 41.5 Å². The van der Waals surface area contributed by atoms with Gasteiger partial charge in [-0.15, -0.1) is 0 Å². The maximum Gasteiger partial charge on any atom is 0.341 e. The van der Waals surface area contributed by atoms with Crippen molar-refractivity contribution in [1.82, 2.24) is 9.29 Å². The molecule has 174 valence electrons. The van der Waals surface area contributed by atoms with Crippen LogP contribution in [0.5, 0.6) is 0 Å². The van der Waals surface area contributed by atoms with Crippen LogP contribution >= 0.6 is 0 Å². The molecule has 2 heterocycles. The molecule has 0 spiro atoms. The molecule has 1 aliphatic rings. The molecule has 0 bridgehead atoms. The Hall–Kier alpha value is -2.79. The summed E-state index contributed by atoms with van der Waals surface area (Å²) < 4.78 is 60.0. The number of esters is 1. The Kier molecular flexibility index (Phi) is 6.99. The lowest BCUT2D eigenvalue weighted by atomic mass is 9.98. The van der Waals surface area contributed by atoms with Crippen LogP contribution in [0.2, 0.25) is 0 Å². The number of hydrogen-bond donors (Lipinski definition) is 2. The number of H-pyrrole nitrogens is 1. The Morgan fingerprint density at radius 2 is 1.97 bits per heavy atom. The summed E-state index contributed by atoms with van der Waals surface area (Å²) in [5.41, 5.74) is 0.436. The third-order valence-electron chi connectivity index (χ3n) is 5.34. The minimum atomic E-state index is -4.12. The van der Waals surface area contributed by atoms with E-state index in [1.807, 2.05) is 0 Å². The normalized spacial score (nSPS) is 17.2. The van der Waals surface area contributed by atoms with Crippen molar-refractivity contribution >= 4 is 27.6 Å². The largest absolute Gasteiger partial charge is 0.462 e. The summed E-state index contributed by atoms with van der Waals surface area (Å²) in [5, 5.41) is 2.40.